The molecule has 0 aromatic carbocycles. The Balaban J connectivity index is 2.42. The molecule has 1 amide bonds. The Morgan fingerprint density at radius 1 is 1.38 bits per heavy atom. The number of carbonyl (C=O) groups is 1. The van der Waals surface area contributed by atoms with Crippen LogP contribution >= 0.6 is 0 Å². The smallest absolute Gasteiger partial charge is 0.353 e. The van der Waals surface area contributed by atoms with E-state index in [0.29, 0.717) is 19.3 Å². The van der Waals surface area contributed by atoms with E-state index in [4.69, 9.17) is 0 Å². The molecule has 16 heavy (non-hydrogen) atoms. The summed E-state index contributed by atoms with van der Waals surface area (Å²) >= 11 is 0. The van der Waals surface area contributed by atoms with Crippen molar-refractivity contribution in [1.82, 2.24) is 5.32 Å². The van der Waals surface area contributed by atoms with Crippen LogP contribution in [0, 0.1) is 5.92 Å². The molecule has 1 saturated carbocycles. The van der Waals surface area contributed by atoms with Crippen molar-refractivity contribution in [2.75, 3.05) is 0 Å². The summed E-state index contributed by atoms with van der Waals surface area (Å²) in [6, 6.07) is -0.292. The van der Waals surface area contributed by atoms with Gasteiger partial charge in [-0.2, -0.15) is 13.2 Å². The minimum atomic E-state index is -4.12. The van der Waals surface area contributed by atoms with Gasteiger partial charge in [-0.05, 0) is 25.7 Å². The zero-order chi connectivity index (χ0) is 12.2. The lowest BCUT2D eigenvalue weighted by molar-refractivity contribution is -0.184. The average molecular weight is 237 g/mol. The molecule has 2 nitrogen and oxygen atoms in total. The van der Waals surface area contributed by atoms with Crippen molar-refractivity contribution in [3.05, 3.63) is 0 Å². The summed E-state index contributed by atoms with van der Waals surface area (Å²) < 4.78 is 37.5. The molecule has 0 aromatic rings. The highest BCUT2D eigenvalue weighted by Crippen LogP contribution is 2.37. The molecule has 5 heteroatoms. The Hall–Kier alpha value is -0.740. The molecule has 1 fully saturated rings. The molecule has 1 aliphatic rings. The van der Waals surface area contributed by atoms with Crippen molar-refractivity contribution < 1.29 is 18.0 Å². The zero-order valence-corrected chi connectivity index (χ0v) is 9.44. The number of hydrogen-bond donors (Lipinski definition) is 1. The Kier molecular flexibility index (Phi) is 4.62. The van der Waals surface area contributed by atoms with Crippen molar-refractivity contribution in [3.8, 4) is 0 Å². The van der Waals surface area contributed by atoms with Crippen LogP contribution < -0.4 is 5.32 Å². The van der Waals surface area contributed by atoms with Gasteiger partial charge in [0.1, 0.15) is 0 Å². The van der Waals surface area contributed by atoms with E-state index in [1.54, 1.807) is 0 Å². The molecule has 94 valence electrons. The van der Waals surface area contributed by atoms with E-state index in [9.17, 15) is 18.0 Å². The first-order valence-electron chi connectivity index (χ1n) is 5.79. The summed E-state index contributed by atoms with van der Waals surface area (Å²) in [5, 5.41) is 2.68. The normalized spacial score (nSPS) is 26.5. The summed E-state index contributed by atoms with van der Waals surface area (Å²) in [6.07, 6.45) is -1.55. The van der Waals surface area contributed by atoms with Crippen molar-refractivity contribution >= 4 is 5.91 Å². The molecule has 1 rings (SSSR count). The van der Waals surface area contributed by atoms with Gasteiger partial charge in [0.05, 0.1) is 5.92 Å². The highest BCUT2D eigenvalue weighted by Gasteiger charge is 2.42. The van der Waals surface area contributed by atoms with E-state index in [0.717, 1.165) is 6.42 Å². The van der Waals surface area contributed by atoms with Crippen LogP contribution in [0.1, 0.15) is 45.4 Å². The fraction of sp³-hybridized carbons (Fsp3) is 0.909. The highest BCUT2D eigenvalue weighted by atomic mass is 19.4. The average Bonchev–Trinajstić information content (AvgIpc) is 2.17. The molecule has 1 aliphatic carbocycles. The predicted molar refractivity (Wildman–Crippen MR) is 54.9 cm³/mol. The van der Waals surface area contributed by atoms with Gasteiger partial charge in [0.15, 0.2) is 0 Å². The van der Waals surface area contributed by atoms with Gasteiger partial charge in [0, 0.05) is 12.5 Å². The second kappa shape index (κ2) is 5.55. The van der Waals surface area contributed by atoms with E-state index >= 15 is 0 Å². The lowest BCUT2D eigenvalue weighted by Crippen LogP contribution is -2.41. The van der Waals surface area contributed by atoms with Crippen molar-refractivity contribution in [3.63, 3.8) is 0 Å². The topological polar surface area (TPSA) is 29.1 Å². The van der Waals surface area contributed by atoms with Crippen molar-refractivity contribution in [2.45, 2.75) is 57.7 Å². The van der Waals surface area contributed by atoms with Crippen LogP contribution in [0.25, 0.3) is 0 Å². The van der Waals surface area contributed by atoms with E-state index in [1.165, 1.54) is 0 Å². The van der Waals surface area contributed by atoms with Crippen LogP contribution in [0.3, 0.4) is 0 Å². The molecule has 2 atom stereocenters. The van der Waals surface area contributed by atoms with Crippen LogP contribution in [0.4, 0.5) is 13.2 Å². The zero-order valence-electron chi connectivity index (χ0n) is 9.44. The van der Waals surface area contributed by atoms with E-state index in [1.807, 2.05) is 6.92 Å². The van der Waals surface area contributed by atoms with Gasteiger partial charge in [-0.15, -0.1) is 0 Å². The molecule has 0 radical (unpaired) electrons. The molecule has 0 aromatic heterocycles. The molecule has 0 unspecified atom stereocenters. The Morgan fingerprint density at radius 2 is 2.06 bits per heavy atom. The van der Waals surface area contributed by atoms with Crippen LogP contribution in [-0.2, 0) is 4.79 Å². The molecular formula is C11H18F3NO. The van der Waals surface area contributed by atoms with Gasteiger partial charge in [-0.1, -0.05) is 13.3 Å². The van der Waals surface area contributed by atoms with Crippen LogP contribution in [0.5, 0.6) is 0 Å². The minimum Gasteiger partial charge on any atom is -0.353 e. The van der Waals surface area contributed by atoms with E-state index < -0.39 is 12.1 Å². The van der Waals surface area contributed by atoms with E-state index in [-0.39, 0.29) is 24.8 Å². The second-order valence-corrected chi connectivity index (χ2v) is 4.42. The fourth-order valence-corrected chi connectivity index (χ4v) is 2.15. The maximum absolute atomic E-state index is 12.5. The molecule has 1 N–H and O–H groups in total. The first-order chi connectivity index (χ1) is 7.43. The highest BCUT2D eigenvalue weighted by molar-refractivity contribution is 5.76. The monoisotopic (exact) mass is 237 g/mol. The molecule has 0 saturated heterocycles. The largest absolute Gasteiger partial charge is 0.391 e. The lowest BCUT2D eigenvalue weighted by Gasteiger charge is -2.31. The van der Waals surface area contributed by atoms with Gasteiger partial charge in [-0.25, -0.2) is 0 Å². The van der Waals surface area contributed by atoms with Crippen LogP contribution in [0.2, 0.25) is 0 Å². The number of hydrogen-bond acceptors (Lipinski definition) is 1. The minimum absolute atomic E-state index is 0.0406. The summed E-state index contributed by atoms with van der Waals surface area (Å²) in [6.45, 7) is 1.87. The number of rotatable bonds is 3. The van der Waals surface area contributed by atoms with Crippen molar-refractivity contribution in [1.29, 1.82) is 0 Å². The van der Waals surface area contributed by atoms with Gasteiger partial charge in [-0.3, -0.25) is 4.79 Å². The van der Waals surface area contributed by atoms with Gasteiger partial charge in [0.25, 0.3) is 0 Å². The second-order valence-electron chi connectivity index (χ2n) is 4.42. The summed E-state index contributed by atoms with van der Waals surface area (Å²) in [5.74, 6) is -1.37. The van der Waals surface area contributed by atoms with E-state index in [2.05, 4.69) is 5.32 Å². The maximum atomic E-state index is 12.5. The predicted octanol–water partition coefficient (Wildman–Crippen LogP) is 3.02. The van der Waals surface area contributed by atoms with Gasteiger partial charge < -0.3 is 5.32 Å². The van der Waals surface area contributed by atoms with Crippen molar-refractivity contribution in [2.24, 2.45) is 5.92 Å². The lowest BCUT2D eigenvalue weighted by atomic mass is 9.85. The molecule has 0 aliphatic heterocycles. The Morgan fingerprint density at radius 3 is 2.62 bits per heavy atom. The quantitative estimate of drug-likeness (QED) is 0.803. The van der Waals surface area contributed by atoms with Crippen LogP contribution in [-0.4, -0.2) is 18.1 Å². The third-order valence-corrected chi connectivity index (χ3v) is 2.98. The molecule has 0 spiro atoms. The number of nitrogens with one attached hydrogen (secondary N) is 1. The molecule has 0 bridgehead atoms. The Bertz CT molecular complexity index is 240. The summed E-state index contributed by atoms with van der Waals surface area (Å²) in [7, 11) is 0. The molecule has 0 heterocycles. The number of carbonyl (C=O) groups excluding carboxylic acids is 1. The maximum Gasteiger partial charge on any atom is 0.391 e. The first-order valence-corrected chi connectivity index (χ1v) is 5.79. The molecular weight excluding hydrogens is 219 g/mol. The third-order valence-electron chi connectivity index (χ3n) is 2.98. The number of halogens is 3. The summed E-state index contributed by atoms with van der Waals surface area (Å²) in [5.41, 5.74) is 0. The first kappa shape index (κ1) is 13.3. The van der Waals surface area contributed by atoms with Crippen LogP contribution in [0.15, 0.2) is 0 Å². The number of alkyl halides is 3. The summed E-state index contributed by atoms with van der Waals surface area (Å²) in [4.78, 5) is 11.3. The standard InChI is InChI=1S/C11H18F3NO/c1-2-4-10(16)15-9-6-3-5-8(7-9)11(12,13)14/h8-9H,2-7H2,1H3,(H,15,16)/t8-,9+/m1/s1. The Labute approximate surface area is 93.6 Å². The number of amides is 1. The van der Waals surface area contributed by atoms with Gasteiger partial charge >= 0.3 is 6.18 Å². The SMILES string of the molecule is CCCC(=O)N[C@H]1CCC[C@@H](C(F)(F)F)C1. The van der Waals surface area contributed by atoms with Gasteiger partial charge in [0.2, 0.25) is 5.91 Å². The third kappa shape index (κ3) is 4.02. The fourth-order valence-electron chi connectivity index (χ4n) is 2.15.